The number of hydrogen-bond acceptors (Lipinski definition) is 5. The third-order valence-corrected chi connectivity index (χ3v) is 2.78. The highest BCUT2D eigenvalue weighted by Gasteiger charge is 2.30. The molecule has 6 nitrogen and oxygen atoms in total. The summed E-state index contributed by atoms with van der Waals surface area (Å²) in [6, 6.07) is 1.44. The first-order chi connectivity index (χ1) is 9.29. The highest BCUT2D eigenvalue weighted by atomic mass is 35.5. The van der Waals surface area contributed by atoms with E-state index in [2.05, 4.69) is 4.74 Å². The molecule has 0 aromatic heterocycles. The summed E-state index contributed by atoms with van der Waals surface area (Å²) in [4.78, 5) is 22.0. The van der Waals surface area contributed by atoms with Crippen LogP contribution in [0.1, 0.15) is 28.9 Å². The highest BCUT2D eigenvalue weighted by Crippen LogP contribution is 2.27. The average molecular weight is 307 g/mol. The molecule has 2 atom stereocenters. The Bertz CT molecular complexity index is 533. The number of carboxylic acids is 1. The third kappa shape index (κ3) is 3.44. The van der Waals surface area contributed by atoms with Crippen molar-refractivity contribution in [3.63, 3.8) is 0 Å². The molecule has 110 valence electrons. The lowest BCUT2D eigenvalue weighted by Crippen LogP contribution is -2.30. The molecule has 0 amide bonds. The minimum atomic E-state index is -2.00. The Kier molecular flexibility index (Phi) is 5.43. The van der Waals surface area contributed by atoms with E-state index in [1.807, 2.05) is 0 Å². The van der Waals surface area contributed by atoms with Gasteiger partial charge in [0.15, 0.2) is 6.10 Å². The number of carbonyl (C=O) groups excluding carboxylic acids is 1. The lowest BCUT2D eigenvalue weighted by atomic mass is 10.0. The maximum absolute atomic E-state index is 13.7. The summed E-state index contributed by atoms with van der Waals surface area (Å²) in [5, 5.41) is 27.7. The molecule has 0 fully saturated rings. The number of ether oxygens (including phenoxy) is 1. The molecule has 0 aliphatic rings. The van der Waals surface area contributed by atoms with Crippen LogP contribution in [0.3, 0.4) is 0 Å². The predicted octanol–water partition coefficient (Wildman–Crippen LogP) is 1.13. The van der Waals surface area contributed by atoms with E-state index in [9.17, 15) is 24.2 Å². The van der Waals surface area contributed by atoms with Crippen LogP contribution in [0.5, 0.6) is 0 Å². The molecule has 3 N–H and O–H groups in total. The van der Waals surface area contributed by atoms with Gasteiger partial charge < -0.3 is 20.1 Å². The van der Waals surface area contributed by atoms with Gasteiger partial charge in [-0.2, -0.15) is 0 Å². The van der Waals surface area contributed by atoms with Gasteiger partial charge in [-0.15, -0.1) is 0 Å². The van der Waals surface area contributed by atoms with Crippen LogP contribution in [0, 0.1) is 5.82 Å². The molecule has 0 heterocycles. The molecule has 0 radical (unpaired) electrons. The summed E-state index contributed by atoms with van der Waals surface area (Å²) in [5.74, 6) is -3.68. The number of carboxylic acid groups (broad SMARTS) is 1. The fourth-order valence-corrected chi connectivity index (χ4v) is 1.73. The Morgan fingerprint density at radius 2 is 2.00 bits per heavy atom. The highest BCUT2D eigenvalue weighted by molar-refractivity contribution is 6.33. The minimum Gasteiger partial charge on any atom is -0.478 e. The zero-order valence-corrected chi connectivity index (χ0v) is 11.1. The van der Waals surface area contributed by atoms with Gasteiger partial charge in [0.1, 0.15) is 11.9 Å². The Balaban J connectivity index is 3.11. The number of rotatable bonds is 5. The summed E-state index contributed by atoms with van der Waals surface area (Å²) in [6.07, 6.45) is -3.93. The second kappa shape index (κ2) is 6.65. The summed E-state index contributed by atoms with van der Waals surface area (Å²) in [7, 11) is 0. The first-order valence-corrected chi connectivity index (χ1v) is 5.92. The van der Waals surface area contributed by atoms with Crippen LogP contribution >= 0.6 is 11.6 Å². The van der Waals surface area contributed by atoms with Gasteiger partial charge in [0.2, 0.25) is 0 Å². The Morgan fingerprint density at radius 3 is 2.50 bits per heavy atom. The lowest BCUT2D eigenvalue weighted by Gasteiger charge is -2.18. The fraction of sp³-hybridized carbons (Fsp3) is 0.333. The number of aliphatic hydroxyl groups excluding tert-OH is 2. The topological polar surface area (TPSA) is 104 Å². The van der Waals surface area contributed by atoms with Crippen LogP contribution in [0.4, 0.5) is 4.39 Å². The van der Waals surface area contributed by atoms with Gasteiger partial charge in [0.25, 0.3) is 0 Å². The van der Waals surface area contributed by atoms with Gasteiger partial charge in [0, 0.05) is 5.56 Å². The molecule has 1 aromatic carbocycles. The molecule has 0 saturated carbocycles. The van der Waals surface area contributed by atoms with E-state index in [4.69, 9.17) is 16.7 Å². The molecule has 20 heavy (non-hydrogen) atoms. The summed E-state index contributed by atoms with van der Waals surface area (Å²) in [5.41, 5.74) is -0.994. The standard InChI is InChI=1S/C12H12ClFO6/c1-2-20-12(19)10(16)9(15)6-3-7(13)5(11(17)18)4-8(6)14/h3-4,9-10,15-16H,2H2,1H3,(H,17,18). The van der Waals surface area contributed by atoms with Gasteiger partial charge in [-0.3, -0.25) is 0 Å². The second-order valence-corrected chi connectivity index (χ2v) is 4.21. The van der Waals surface area contributed by atoms with Crippen LogP contribution in [0.15, 0.2) is 12.1 Å². The van der Waals surface area contributed by atoms with Crippen LogP contribution in [-0.4, -0.2) is 40.0 Å². The quantitative estimate of drug-likeness (QED) is 0.705. The average Bonchev–Trinajstić information content (AvgIpc) is 2.39. The fourth-order valence-electron chi connectivity index (χ4n) is 1.48. The van der Waals surface area contributed by atoms with Gasteiger partial charge in [-0.05, 0) is 19.1 Å². The number of carbonyl (C=O) groups is 2. The molecule has 1 aromatic rings. The number of hydrogen-bond donors (Lipinski definition) is 3. The van der Waals surface area contributed by atoms with Crippen molar-refractivity contribution < 1.29 is 34.0 Å². The number of aliphatic hydroxyl groups is 2. The number of halogens is 2. The molecule has 0 saturated heterocycles. The number of esters is 1. The maximum Gasteiger partial charge on any atom is 0.338 e. The van der Waals surface area contributed by atoms with Crippen molar-refractivity contribution in [1.29, 1.82) is 0 Å². The van der Waals surface area contributed by atoms with Crippen molar-refractivity contribution >= 4 is 23.5 Å². The Labute approximate surface area is 118 Å². The first-order valence-electron chi connectivity index (χ1n) is 5.54. The van der Waals surface area contributed by atoms with E-state index >= 15 is 0 Å². The minimum absolute atomic E-state index is 0.0240. The normalized spacial score (nSPS) is 13.7. The monoisotopic (exact) mass is 306 g/mol. The van der Waals surface area contributed by atoms with Crippen molar-refractivity contribution in [2.24, 2.45) is 0 Å². The SMILES string of the molecule is CCOC(=O)C(O)C(O)c1cc(Cl)c(C(=O)O)cc1F. The molecule has 0 bridgehead atoms. The smallest absolute Gasteiger partial charge is 0.338 e. The molecule has 2 unspecified atom stereocenters. The van der Waals surface area contributed by atoms with Crippen molar-refractivity contribution in [3.05, 3.63) is 34.1 Å². The number of benzene rings is 1. The first kappa shape index (κ1) is 16.4. The molecule has 0 spiro atoms. The lowest BCUT2D eigenvalue weighted by molar-refractivity contribution is -0.159. The van der Waals surface area contributed by atoms with Crippen LogP contribution in [0.25, 0.3) is 0 Å². The zero-order valence-electron chi connectivity index (χ0n) is 10.3. The van der Waals surface area contributed by atoms with Crippen LogP contribution in [0.2, 0.25) is 5.02 Å². The molecule has 0 aliphatic carbocycles. The van der Waals surface area contributed by atoms with E-state index in [0.29, 0.717) is 6.07 Å². The Morgan fingerprint density at radius 1 is 1.40 bits per heavy atom. The van der Waals surface area contributed by atoms with Crippen molar-refractivity contribution in [3.8, 4) is 0 Å². The van der Waals surface area contributed by atoms with E-state index in [1.165, 1.54) is 6.92 Å². The largest absolute Gasteiger partial charge is 0.478 e. The third-order valence-electron chi connectivity index (χ3n) is 2.46. The molecule has 0 aliphatic heterocycles. The van der Waals surface area contributed by atoms with Gasteiger partial charge in [-0.1, -0.05) is 11.6 Å². The van der Waals surface area contributed by atoms with Crippen LogP contribution in [-0.2, 0) is 9.53 Å². The Hall–Kier alpha value is -1.70. The maximum atomic E-state index is 13.7. The van der Waals surface area contributed by atoms with Gasteiger partial charge >= 0.3 is 11.9 Å². The summed E-state index contributed by atoms with van der Waals surface area (Å²) < 4.78 is 18.2. The number of aromatic carboxylic acids is 1. The molecular formula is C12H12ClFO6. The van der Waals surface area contributed by atoms with E-state index in [-0.39, 0.29) is 11.6 Å². The van der Waals surface area contributed by atoms with Crippen LogP contribution < -0.4 is 0 Å². The van der Waals surface area contributed by atoms with E-state index in [0.717, 1.165) is 6.07 Å². The summed E-state index contributed by atoms with van der Waals surface area (Å²) >= 11 is 5.63. The molecule has 8 heteroatoms. The summed E-state index contributed by atoms with van der Waals surface area (Å²) in [6.45, 7) is 1.47. The molecule has 1 rings (SSSR count). The van der Waals surface area contributed by atoms with Crippen molar-refractivity contribution in [1.82, 2.24) is 0 Å². The van der Waals surface area contributed by atoms with E-state index < -0.39 is 41.1 Å². The predicted molar refractivity (Wildman–Crippen MR) is 66.0 cm³/mol. The second-order valence-electron chi connectivity index (χ2n) is 3.80. The van der Waals surface area contributed by atoms with Crippen molar-refractivity contribution in [2.75, 3.05) is 6.61 Å². The van der Waals surface area contributed by atoms with Gasteiger partial charge in [0.05, 0.1) is 17.2 Å². The van der Waals surface area contributed by atoms with Crippen molar-refractivity contribution in [2.45, 2.75) is 19.1 Å². The zero-order chi connectivity index (χ0) is 15.4. The molecular weight excluding hydrogens is 295 g/mol. The van der Waals surface area contributed by atoms with E-state index in [1.54, 1.807) is 0 Å². The van der Waals surface area contributed by atoms with Gasteiger partial charge in [-0.25, -0.2) is 14.0 Å².